The fraction of sp³-hybridized carbons (Fsp3) is 0.447. The van der Waals surface area contributed by atoms with Crippen LogP contribution in [0, 0.1) is 0 Å². The van der Waals surface area contributed by atoms with Crippen LogP contribution >= 0.6 is 0 Å². The first-order chi connectivity index (χ1) is 27.5. The molecule has 0 spiro atoms. The predicted octanol–water partition coefficient (Wildman–Crippen LogP) is 0.274. The van der Waals surface area contributed by atoms with Crippen molar-refractivity contribution in [1.82, 2.24) is 0 Å². The third kappa shape index (κ3) is 11.4. The van der Waals surface area contributed by atoms with Gasteiger partial charge in [0.05, 0.1) is 14.2 Å². The second-order valence-corrected chi connectivity index (χ2v) is 12.7. The number of aromatic hydroxyl groups is 2. The second-order valence-electron chi connectivity index (χ2n) is 12.7. The van der Waals surface area contributed by atoms with Crippen molar-refractivity contribution < 1.29 is 96.9 Å². The summed E-state index contributed by atoms with van der Waals surface area (Å²) in [6.07, 6.45) is -9.75. The van der Waals surface area contributed by atoms with Crippen LogP contribution < -0.4 is 9.47 Å². The van der Waals surface area contributed by atoms with Crippen LogP contribution in [-0.2, 0) is 61.9 Å². The molecule has 2 heterocycles. The number of aliphatic hydroxyl groups excluding tert-OH is 3. The van der Waals surface area contributed by atoms with E-state index in [4.69, 9.17) is 47.4 Å². The number of phenolic OH excluding ortho intramolecular Hbond substituents is 2. The maximum atomic E-state index is 13.3. The Balaban J connectivity index is 1.63. The lowest BCUT2D eigenvalue weighted by molar-refractivity contribution is -0.383. The number of hydrogen-bond donors (Lipinski definition) is 5. The number of esters is 5. The van der Waals surface area contributed by atoms with Crippen LogP contribution in [0.4, 0.5) is 0 Å². The Morgan fingerprint density at radius 2 is 1.24 bits per heavy atom. The van der Waals surface area contributed by atoms with Gasteiger partial charge in [0.2, 0.25) is 5.79 Å². The minimum atomic E-state index is -2.60. The van der Waals surface area contributed by atoms with E-state index in [1.54, 1.807) is 0 Å². The molecule has 0 amide bonds. The molecule has 58 heavy (non-hydrogen) atoms. The van der Waals surface area contributed by atoms with Crippen LogP contribution in [0.2, 0.25) is 0 Å². The number of aliphatic hydroxyl groups is 3. The summed E-state index contributed by atoms with van der Waals surface area (Å²) < 4.78 is 54.4. The standard InChI is InChI=1S/C38H44O20/c1-19(40)51-17-29-34(53-20(2)41)36(56-31(46)13-9-23-7-11-25(44)27(15-23)50-5)38(18-39,57-29)58-37-33(48)35(54-21(3)42)32(47)28(55-37)16-52-30(45)12-8-22-6-10-24(43)26(14-22)49-4/h6-15,28-29,32-37,39,43-44,47-48H,16-18H2,1-5H3/b12-8+,13-9+/t28-,29+,32+,33+,34+,35-,36-,37+,38-/m0/s1. The zero-order valence-electron chi connectivity index (χ0n) is 31.9. The quantitative estimate of drug-likeness (QED) is 0.0863. The average Bonchev–Trinajstić information content (AvgIpc) is 3.45. The Bertz CT molecular complexity index is 1860. The normalized spacial score (nSPS) is 26.8. The van der Waals surface area contributed by atoms with Crippen LogP contribution in [-0.4, -0.2) is 144 Å². The first-order valence-electron chi connectivity index (χ1n) is 17.4. The van der Waals surface area contributed by atoms with Gasteiger partial charge >= 0.3 is 29.8 Å². The van der Waals surface area contributed by atoms with Gasteiger partial charge in [-0.2, -0.15) is 0 Å². The molecule has 2 aromatic carbocycles. The predicted molar refractivity (Wildman–Crippen MR) is 192 cm³/mol. The van der Waals surface area contributed by atoms with Crippen LogP contribution in [0.15, 0.2) is 48.6 Å². The summed E-state index contributed by atoms with van der Waals surface area (Å²) in [5.74, 6) is -7.38. The number of rotatable bonds is 16. The van der Waals surface area contributed by atoms with Crippen molar-refractivity contribution in [1.29, 1.82) is 0 Å². The number of carbonyl (C=O) groups is 5. The highest BCUT2D eigenvalue weighted by Gasteiger charge is 2.63. The summed E-state index contributed by atoms with van der Waals surface area (Å²) in [7, 11) is 2.66. The number of ether oxygens (including phenoxy) is 10. The van der Waals surface area contributed by atoms with E-state index in [9.17, 15) is 49.5 Å². The van der Waals surface area contributed by atoms with E-state index in [1.165, 1.54) is 62.8 Å². The maximum Gasteiger partial charge on any atom is 0.331 e. The minimum absolute atomic E-state index is 0.0959. The van der Waals surface area contributed by atoms with Gasteiger partial charge in [0.1, 0.15) is 44.2 Å². The Morgan fingerprint density at radius 1 is 0.707 bits per heavy atom. The van der Waals surface area contributed by atoms with Gasteiger partial charge in [0, 0.05) is 32.9 Å². The molecule has 0 saturated carbocycles. The van der Waals surface area contributed by atoms with Crippen molar-refractivity contribution in [3.05, 3.63) is 59.7 Å². The molecule has 2 aliphatic heterocycles. The molecule has 316 valence electrons. The summed E-state index contributed by atoms with van der Waals surface area (Å²) in [6, 6.07) is 8.44. The van der Waals surface area contributed by atoms with Crippen molar-refractivity contribution in [2.75, 3.05) is 34.0 Å². The molecule has 20 nitrogen and oxygen atoms in total. The van der Waals surface area contributed by atoms with Crippen molar-refractivity contribution in [2.24, 2.45) is 0 Å². The maximum absolute atomic E-state index is 13.3. The molecule has 0 radical (unpaired) electrons. The van der Waals surface area contributed by atoms with Gasteiger partial charge in [-0.05, 0) is 47.5 Å². The number of carbonyl (C=O) groups excluding carboxylic acids is 5. The Hall–Kier alpha value is -5.77. The van der Waals surface area contributed by atoms with Crippen LogP contribution in [0.5, 0.6) is 23.0 Å². The third-order valence-electron chi connectivity index (χ3n) is 8.55. The fourth-order valence-electron chi connectivity index (χ4n) is 5.88. The van der Waals surface area contributed by atoms with Crippen molar-refractivity contribution in [3.63, 3.8) is 0 Å². The highest BCUT2D eigenvalue weighted by Crippen LogP contribution is 2.40. The lowest BCUT2D eigenvalue weighted by Gasteiger charge is -2.44. The lowest BCUT2D eigenvalue weighted by Crippen LogP contribution is -2.64. The molecule has 0 unspecified atom stereocenters. The van der Waals surface area contributed by atoms with Crippen LogP contribution in [0.3, 0.4) is 0 Å². The van der Waals surface area contributed by atoms with E-state index in [0.29, 0.717) is 11.1 Å². The summed E-state index contributed by atoms with van der Waals surface area (Å²) in [5.41, 5.74) is 0.822. The zero-order chi connectivity index (χ0) is 42.7. The fourth-order valence-corrected chi connectivity index (χ4v) is 5.88. The van der Waals surface area contributed by atoms with Crippen molar-refractivity contribution in [2.45, 2.75) is 75.6 Å². The van der Waals surface area contributed by atoms with Gasteiger partial charge in [-0.25, -0.2) is 9.59 Å². The molecular formula is C38H44O20. The minimum Gasteiger partial charge on any atom is -0.504 e. The van der Waals surface area contributed by atoms with E-state index in [1.807, 2.05) is 0 Å². The van der Waals surface area contributed by atoms with Gasteiger partial charge in [0.15, 0.2) is 47.6 Å². The molecule has 0 aliphatic carbocycles. The summed E-state index contributed by atoms with van der Waals surface area (Å²) in [4.78, 5) is 62.1. The van der Waals surface area contributed by atoms with E-state index in [-0.39, 0.29) is 23.0 Å². The molecular weight excluding hydrogens is 776 g/mol. The Labute approximate surface area is 331 Å². The molecule has 9 atom stereocenters. The van der Waals surface area contributed by atoms with Crippen molar-refractivity contribution >= 4 is 42.0 Å². The summed E-state index contributed by atoms with van der Waals surface area (Å²) >= 11 is 0. The summed E-state index contributed by atoms with van der Waals surface area (Å²) in [5, 5.41) is 53.0. The molecule has 2 saturated heterocycles. The highest BCUT2D eigenvalue weighted by atomic mass is 16.8. The number of benzene rings is 2. The van der Waals surface area contributed by atoms with Gasteiger partial charge in [0.25, 0.3) is 0 Å². The molecule has 0 aromatic heterocycles. The average molecular weight is 821 g/mol. The summed E-state index contributed by atoms with van der Waals surface area (Å²) in [6.45, 7) is 0.517. The van der Waals surface area contributed by atoms with Gasteiger partial charge in [-0.3, -0.25) is 14.4 Å². The molecule has 2 fully saturated rings. The van der Waals surface area contributed by atoms with Crippen LogP contribution in [0.1, 0.15) is 31.9 Å². The number of hydrogen-bond acceptors (Lipinski definition) is 20. The topological polar surface area (TPSA) is 279 Å². The van der Waals surface area contributed by atoms with E-state index >= 15 is 0 Å². The largest absolute Gasteiger partial charge is 0.504 e. The second kappa shape index (κ2) is 20.1. The Kier molecular flexibility index (Phi) is 15.6. The van der Waals surface area contributed by atoms with E-state index in [0.717, 1.165) is 32.9 Å². The van der Waals surface area contributed by atoms with Gasteiger partial charge in [-0.15, -0.1) is 0 Å². The van der Waals surface area contributed by atoms with Gasteiger partial charge in [-0.1, -0.05) is 12.1 Å². The third-order valence-corrected chi connectivity index (χ3v) is 8.55. The smallest absolute Gasteiger partial charge is 0.331 e. The number of phenols is 2. The first-order valence-corrected chi connectivity index (χ1v) is 17.4. The monoisotopic (exact) mass is 820 g/mol. The zero-order valence-corrected chi connectivity index (χ0v) is 31.9. The molecule has 4 rings (SSSR count). The number of methoxy groups -OCH3 is 2. The van der Waals surface area contributed by atoms with Crippen LogP contribution in [0.25, 0.3) is 12.2 Å². The lowest BCUT2D eigenvalue weighted by atomic mass is 9.98. The SMILES string of the molecule is COc1cc(/C=C/C(=O)OC[C@@H]2O[C@H](O[C@]3(CO)O[C@H](COC(C)=O)[C@@H](OC(C)=O)[C@@H]3OC(=O)/C=C/c3ccc(O)c(OC)c3)[C@H](O)[C@@H](OC(C)=O)[C@@H]2O)ccc1O. The Morgan fingerprint density at radius 3 is 1.76 bits per heavy atom. The first kappa shape index (κ1) is 44.9. The van der Waals surface area contributed by atoms with Gasteiger partial charge < -0.3 is 72.9 Å². The molecule has 0 bridgehead atoms. The highest BCUT2D eigenvalue weighted by molar-refractivity contribution is 5.88. The molecule has 5 N–H and O–H groups in total. The molecule has 20 heteroatoms. The molecule has 2 aromatic rings. The van der Waals surface area contributed by atoms with E-state index in [2.05, 4.69) is 0 Å². The van der Waals surface area contributed by atoms with E-state index < -0.39 is 104 Å². The molecule has 2 aliphatic rings. The van der Waals surface area contributed by atoms with Crippen molar-refractivity contribution in [3.8, 4) is 23.0 Å².